The van der Waals surface area contributed by atoms with Gasteiger partial charge in [0.25, 0.3) is 0 Å². The molecule has 1 aromatic carbocycles. The number of rotatable bonds is 13. The normalized spacial score (nSPS) is 12.5. The van der Waals surface area contributed by atoms with Gasteiger partial charge in [-0.05, 0) is 17.9 Å². The largest absolute Gasteiger partial charge is 0.383 e. The minimum absolute atomic E-state index is 0.634. The molecule has 0 aliphatic carbocycles. The van der Waals surface area contributed by atoms with Crippen LogP contribution >= 0.6 is 0 Å². The van der Waals surface area contributed by atoms with E-state index >= 15 is 0 Å². The molecule has 0 spiro atoms. The van der Waals surface area contributed by atoms with E-state index in [1.54, 1.807) is 7.11 Å². The molecular formula is C19H33NO. The maximum Gasteiger partial charge on any atom is 0.0587 e. The summed E-state index contributed by atoms with van der Waals surface area (Å²) in [7, 11) is 1.76. The molecule has 1 unspecified atom stereocenters. The summed E-state index contributed by atoms with van der Waals surface area (Å²) in [4.78, 5) is 0. The third-order valence-electron chi connectivity index (χ3n) is 4.05. The molecule has 0 fully saturated rings. The molecule has 0 aromatic heterocycles. The van der Waals surface area contributed by atoms with Crippen LogP contribution in [0.25, 0.3) is 0 Å². The molecule has 0 bridgehead atoms. The molecular weight excluding hydrogens is 258 g/mol. The van der Waals surface area contributed by atoms with Crippen LogP contribution in [0.3, 0.4) is 0 Å². The van der Waals surface area contributed by atoms with Gasteiger partial charge in [0.1, 0.15) is 0 Å². The summed E-state index contributed by atoms with van der Waals surface area (Å²) in [5.41, 5.74) is 1.47. The lowest BCUT2D eigenvalue weighted by molar-refractivity contribution is 0.198. The maximum absolute atomic E-state index is 5.10. The zero-order valence-corrected chi connectivity index (χ0v) is 13.9. The second-order valence-corrected chi connectivity index (χ2v) is 5.86. The number of unbranched alkanes of at least 4 members (excludes halogenated alkanes) is 5. The number of benzene rings is 1. The average Bonchev–Trinajstić information content (AvgIpc) is 2.53. The van der Waals surface area contributed by atoms with E-state index in [0.717, 1.165) is 19.7 Å². The van der Waals surface area contributed by atoms with Gasteiger partial charge in [-0.3, -0.25) is 0 Å². The molecule has 1 rings (SSSR count). The molecule has 0 heterocycles. The Kier molecular flexibility index (Phi) is 11.1. The first kappa shape index (κ1) is 18.2. The second-order valence-electron chi connectivity index (χ2n) is 5.86. The van der Waals surface area contributed by atoms with Crippen LogP contribution in [0.4, 0.5) is 0 Å². The van der Waals surface area contributed by atoms with Crippen molar-refractivity contribution in [1.82, 2.24) is 5.32 Å². The quantitative estimate of drug-likeness (QED) is 0.529. The number of ether oxygens (including phenoxy) is 1. The van der Waals surface area contributed by atoms with Crippen molar-refractivity contribution < 1.29 is 4.74 Å². The Hall–Kier alpha value is -0.860. The summed E-state index contributed by atoms with van der Waals surface area (Å²) in [6.45, 7) is 5.06. The first-order chi connectivity index (χ1) is 10.4. The van der Waals surface area contributed by atoms with Gasteiger partial charge in [0, 0.05) is 20.2 Å². The number of hydrogen-bond donors (Lipinski definition) is 1. The van der Waals surface area contributed by atoms with Crippen LogP contribution in [0.5, 0.6) is 0 Å². The predicted molar refractivity (Wildman–Crippen MR) is 91.9 cm³/mol. The SMILES string of the molecule is CCCCCCCCC(CNCCOC)c1ccccc1. The molecule has 120 valence electrons. The molecule has 1 aromatic rings. The summed E-state index contributed by atoms with van der Waals surface area (Å²) in [6, 6.07) is 10.9. The fraction of sp³-hybridized carbons (Fsp3) is 0.684. The van der Waals surface area contributed by atoms with E-state index < -0.39 is 0 Å². The first-order valence-electron chi connectivity index (χ1n) is 8.63. The van der Waals surface area contributed by atoms with Gasteiger partial charge in [-0.15, -0.1) is 0 Å². The van der Waals surface area contributed by atoms with Gasteiger partial charge in [-0.25, -0.2) is 0 Å². The fourth-order valence-electron chi connectivity index (χ4n) is 2.73. The highest BCUT2D eigenvalue weighted by Crippen LogP contribution is 2.22. The van der Waals surface area contributed by atoms with E-state index in [2.05, 4.69) is 42.6 Å². The molecule has 0 saturated carbocycles. The molecule has 0 aliphatic heterocycles. The molecule has 0 radical (unpaired) electrons. The summed E-state index contributed by atoms with van der Waals surface area (Å²) in [6.07, 6.45) is 9.52. The molecule has 1 atom stereocenters. The van der Waals surface area contributed by atoms with Crippen LogP contribution in [0.1, 0.15) is 63.4 Å². The molecule has 21 heavy (non-hydrogen) atoms. The van der Waals surface area contributed by atoms with Gasteiger partial charge >= 0.3 is 0 Å². The summed E-state index contributed by atoms with van der Waals surface area (Å²) in [5, 5.41) is 3.52. The highest BCUT2D eigenvalue weighted by molar-refractivity contribution is 5.19. The summed E-state index contributed by atoms with van der Waals surface area (Å²) < 4.78 is 5.10. The summed E-state index contributed by atoms with van der Waals surface area (Å²) >= 11 is 0. The van der Waals surface area contributed by atoms with Gasteiger partial charge in [0.05, 0.1) is 6.61 Å². The number of methoxy groups -OCH3 is 1. The third-order valence-corrected chi connectivity index (χ3v) is 4.05. The molecule has 2 nitrogen and oxygen atoms in total. The second kappa shape index (κ2) is 12.8. The van der Waals surface area contributed by atoms with Crippen LogP contribution in [-0.4, -0.2) is 26.8 Å². The Labute approximate surface area is 131 Å². The van der Waals surface area contributed by atoms with Crippen molar-refractivity contribution >= 4 is 0 Å². The smallest absolute Gasteiger partial charge is 0.0587 e. The van der Waals surface area contributed by atoms with E-state index in [4.69, 9.17) is 4.74 Å². The Morgan fingerprint density at radius 3 is 2.43 bits per heavy atom. The van der Waals surface area contributed by atoms with Crippen molar-refractivity contribution in [1.29, 1.82) is 0 Å². The Bertz CT molecular complexity index is 326. The zero-order chi connectivity index (χ0) is 15.2. The first-order valence-corrected chi connectivity index (χ1v) is 8.63. The fourth-order valence-corrected chi connectivity index (χ4v) is 2.73. The van der Waals surface area contributed by atoms with Crippen molar-refractivity contribution in [3.05, 3.63) is 35.9 Å². The van der Waals surface area contributed by atoms with Gasteiger partial charge < -0.3 is 10.1 Å². The van der Waals surface area contributed by atoms with Crippen molar-refractivity contribution in [2.24, 2.45) is 0 Å². The lowest BCUT2D eigenvalue weighted by Gasteiger charge is -2.18. The minimum Gasteiger partial charge on any atom is -0.383 e. The van der Waals surface area contributed by atoms with Gasteiger partial charge in [-0.2, -0.15) is 0 Å². The lowest BCUT2D eigenvalue weighted by atomic mass is 9.92. The highest BCUT2D eigenvalue weighted by Gasteiger charge is 2.10. The number of nitrogens with one attached hydrogen (secondary N) is 1. The van der Waals surface area contributed by atoms with E-state index in [0.29, 0.717) is 5.92 Å². The average molecular weight is 291 g/mol. The molecule has 0 saturated heterocycles. The Morgan fingerprint density at radius 2 is 1.71 bits per heavy atom. The molecule has 2 heteroatoms. The lowest BCUT2D eigenvalue weighted by Crippen LogP contribution is -2.25. The van der Waals surface area contributed by atoms with Crippen LogP contribution in [-0.2, 0) is 4.74 Å². The van der Waals surface area contributed by atoms with Crippen molar-refractivity contribution in [3.8, 4) is 0 Å². The van der Waals surface area contributed by atoms with E-state index in [-0.39, 0.29) is 0 Å². The standard InChI is InChI=1S/C19H33NO/c1-3-4-5-6-7-9-14-19(17-20-15-16-21-2)18-12-10-8-11-13-18/h8,10-13,19-20H,3-7,9,14-17H2,1-2H3. The van der Waals surface area contributed by atoms with E-state index in [1.165, 1.54) is 50.5 Å². The van der Waals surface area contributed by atoms with Crippen molar-refractivity contribution in [2.75, 3.05) is 26.8 Å². The van der Waals surface area contributed by atoms with Crippen LogP contribution in [0.15, 0.2) is 30.3 Å². The highest BCUT2D eigenvalue weighted by atomic mass is 16.5. The summed E-state index contributed by atoms with van der Waals surface area (Å²) in [5.74, 6) is 0.634. The predicted octanol–water partition coefficient (Wildman–Crippen LogP) is 4.76. The topological polar surface area (TPSA) is 21.3 Å². The van der Waals surface area contributed by atoms with Crippen LogP contribution < -0.4 is 5.32 Å². The maximum atomic E-state index is 5.10. The molecule has 0 aliphatic rings. The molecule has 0 amide bonds. The Morgan fingerprint density at radius 1 is 1.00 bits per heavy atom. The van der Waals surface area contributed by atoms with E-state index in [9.17, 15) is 0 Å². The number of hydrogen-bond acceptors (Lipinski definition) is 2. The van der Waals surface area contributed by atoms with Gasteiger partial charge in [-0.1, -0.05) is 75.8 Å². The minimum atomic E-state index is 0.634. The monoisotopic (exact) mass is 291 g/mol. The van der Waals surface area contributed by atoms with Crippen LogP contribution in [0, 0.1) is 0 Å². The molecule has 1 N–H and O–H groups in total. The Balaban J connectivity index is 2.30. The van der Waals surface area contributed by atoms with Crippen molar-refractivity contribution in [3.63, 3.8) is 0 Å². The van der Waals surface area contributed by atoms with E-state index in [1.807, 2.05) is 0 Å². The zero-order valence-electron chi connectivity index (χ0n) is 13.9. The van der Waals surface area contributed by atoms with Gasteiger partial charge in [0.2, 0.25) is 0 Å². The van der Waals surface area contributed by atoms with Crippen LogP contribution in [0.2, 0.25) is 0 Å². The van der Waals surface area contributed by atoms with Gasteiger partial charge in [0.15, 0.2) is 0 Å². The van der Waals surface area contributed by atoms with Crippen molar-refractivity contribution in [2.45, 2.75) is 57.8 Å². The third kappa shape index (κ3) is 8.90.